The summed E-state index contributed by atoms with van der Waals surface area (Å²) in [4.78, 5) is 23.1. The largest absolute Gasteiger partial charge is 0.449 e. The fourth-order valence-corrected chi connectivity index (χ4v) is 2.31. The smallest absolute Gasteiger partial charge is 0.347 e. The molecule has 0 saturated heterocycles. The molecule has 3 aromatic rings. The molecule has 0 aromatic heterocycles. The molecule has 0 heterocycles. The highest BCUT2D eigenvalue weighted by atomic mass is 16.6. The SMILES string of the molecule is N#Cc1ccc(Oc2ccccc2C(=O)Oc2ccccc2)c([N+](=O)[O-])c1. The van der Waals surface area contributed by atoms with E-state index in [9.17, 15) is 14.9 Å². The van der Waals surface area contributed by atoms with Crippen LogP contribution in [0.4, 0.5) is 5.69 Å². The van der Waals surface area contributed by atoms with E-state index in [4.69, 9.17) is 14.7 Å². The van der Waals surface area contributed by atoms with Crippen molar-refractivity contribution in [1.29, 1.82) is 5.26 Å². The number of nitrogens with zero attached hydrogens (tertiary/aromatic N) is 2. The molecule has 0 N–H and O–H groups in total. The zero-order valence-electron chi connectivity index (χ0n) is 13.9. The molecule has 0 fully saturated rings. The molecule has 0 bridgehead atoms. The summed E-state index contributed by atoms with van der Waals surface area (Å²) >= 11 is 0. The standard InChI is InChI=1S/C20H12N2O5/c21-13-14-10-11-19(17(12-14)22(24)25)27-18-9-5-4-8-16(18)20(23)26-15-6-2-1-3-7-15/h1-12H. The van der Waals surface area contributed by atoms with Crippen molar-refractivity contribution in [3.05, 3.63) is 94.0 Å². The summed E-state index contributed by atoms with van der Waals surface area (Å²) in [5.41, 5.74) is -0.133. The van der Waals surface area contributed by atoms with Gasteiger partial charge in [0.05, 0.1) is 16.6 Å². The lowest BCUT2D eigenvalue weighted by atomic mass is 10.2. The number of nitro groups is 1. The Balaban J connectivity index is 1.92. The maximum atomic E-state index is 12.5. The van der Waals surface area contributed by atoms with Crippen LogP contribution in [0, 0.1) is 21.4 Å². The number of nitriles is 1. The Kier molecular flexibility index (Phi) is 5.10. The van der Waals surface area contributed by atoms with Gasteiger partial charge in [0.1, 0.15) is 17.1 Å². The number of para-hydroxylation sites is 2. The van der Waals surface area contributed by atoms with E-state index in [-0.39, 0.29) is 28.3 Å². The summed E-state index contributed by atoms with van der Waals surface area (Å²) in [7, 11) is 0. The Labute approximate surface area is 154 Å². The van der Waals surface area contributed by atoms with Gasteiger partial charge in [-0.2, -0.15) is 5.26 Å². The van der Waals surface area contributed by atoms with Gasteiger partial charge in [-0.05, 0) is 36.4 Å². The molecule has 0 amide bonds. The minimum absolute atomic E-state index is 0.0843. The van der Waals surface area contributed by atoms with Crippen LogP contribution in [-0.2, 0) is 0 Å². The summed E-state index contributed by atoms with van der Waals surface area (Å²) in [6.45, 7) is 0. The van der Waals surface area contributed by atoms with Gasteiger partial charge in [0.25, 0.3) is 0 Å². The van der Waals surface area contributed by atoms with Crippen LogP contribution >= 0.6 is 0 Å². The molecule has 132 valence electrons. The highest BCUT2D eigenvalue weighted by Gasteiger charge is 2.20. The van der Waals surface area contributed by atoms with Crippen LogP contribution in [0.2, 0.25) is 0 Å². The van der Waals surface area contributed by atoms with E-state index in [1.165, 1.54) is 24.3 Å². The quantitative estimate of drug-likeness (QED) is 0.288. The van der Waals surface area contributed by atoms with E-state index >= 15 is 0 Å². The zero-order chi connectivity index (χ0) is 19.2. The van der Waals surface area contributed by atoms with Gasteiger partial charge < -0.3 is 9.47 Å². The summed E-state index contributed by atoms with van der Waals surface area (Å²) in [5.74, 6) is -0.278. The van der Waals surface area contributed by atoms with Gasteiger partial charge in [-0.3, -0.25) is 10.1 Å². The molecule has 0 unspecified atom stereocenters. The van der Waals surface area contributed by atoms with Crippen molar-refractivity contribution in [1.82, 2.24) is 0 Å². The van der Waals surface area contributed by atoms with Gasteiger partial charge in [0, 0.05) is 6.07 Å². The van der Waals surface area contributed by atoms with Crippen LogP contribution in [-0.4, -0.2) is 10.9 Å². The van der Waals surface area contributed by atoms with Gasteiger partial charge in [-0.15, -0.1) is 0 Å². The number of hydrogen-bond acceptors (Lipinski definition) is 6. The van der Waals surface area contributed by atoms with Crippen LogP contribution < -0.4 is 9.47 Å². The molecule has 0 spiro atoms. The first kappa shape index (κ1) is 17.6. The molecule has 27 heavy (non-hydrogen) atoms. The number of rotatable bonds is 5. The molecule has 7 nitrogen and oxygen atoms in total. The van der Waals surface area contributed by atoms with Crippen molar-refractivity contribution in [2.24, 2.45) is 0 Å². The van der Waals surface area contributed by atoms with Crippen molar-refractivity contribution in [2.75, 3.05) is 0 Å². The lowest BCUT2D eigenvalue weighted by molar-refractivity contribution is -0.385. The second-order valence-corrected chi connectivity index (χ2v) is 5.35. The van der Waals surface area contributed by atoms with Crippen molar-refractivity contribution in [3.63, 3.8) is 0 Å². The van der Waals surface area contributed by atoms with Gasteiger partial charge in [0.15, 0.2) is 0 Å². The normalized spacial score (nSPS) is 9.89. The highest BCUT2D eigenvalue weighted by Crippen LogP contribution is 2.34. The predicted molar refractivity (Wildman–Crippen MR) is 95.7 cm³/mol. The van der Waals surface area contributed by atoms with E-state index in [0.717, 1.165) is 6.07 Å². The van der Waals surface area contributed by atoms with Crippen molar-refractivity contribution < 1.29 is 19.2 Å². The van der Waals surface area contributed by atoms with Crippen LogP contribution in [0.3, 0.4) is 0 Å². The first-order chi connectivity index (χ1) is 13.1. The molecule has 3 rings (SSSR count). The monoisotopic (exact) mass is 360 g/mol. The molecule has 7 heteroatoms. The summed E-state index contributed by atoms with van der Waals surface area (Å²) in [5, 5.41) is 20.2. The number of ether oxygens (including phenoxy) is 2. The molecule has 3 aromatic carbocycles. The second-order valence-electron chi connectivity index (χ2n) is 5.35. The third-order valence-corrected chi connectivity index (χ3v) is 3.57. The lowest BCUT2D eigenvalue weighted by Gasteiger charge is -2.11. The molecule has 0 saturated carbocycles. The molecule has 0 aliphatic heterocycles. The van der Waals surface area contributed by atoms with Crippen molar-refractivity contribution in [3.8, 4) is 23.3 Å². The maximum absolute atomic E-state index is 12.5. The Morgan fingerprint density at radius 2 is 1.67 bits per heavy atom. The van der Waals surface area contributed by atoms with Crippen molar-refractivity contribution in [2.45, 2.75) is 0 Å². The van der Waals surface area contributed by atoms with Crippen LogP contribution in [0.5, 0.6) is 17.2 Å². The number of carbonyl (C=O) groups is 1. The van der Waals surface area contributed by atoms with Gasteiger partial charge >= 0.3 is 11.7 Å². The van der Waals surface area contributed by atoms with E-state index in [1.807, 2.05) is 6.07 Å². The zero-order valence-corrected chi connectivity index (χ0v) is 13.9. The van der Waals surface area contributed by atoms with E-state index in [0.29, 0.717) is 5.75 Å². The average molecular weight is 360 g/mol. The third kappa shape index (κ3) is 4.08. The average Bonchev–Trinajstić information content (AvgIpc) is 2.69. The molecule has 0 aliphatic carbocycles. The first-order valence-electron chi connectivity index (χ1n) is 7.81. The van der Waals surface area contributed by atoms with Gasteiger partial charge in [0.2, 0.25) is 5.75 Å². The Hall–Kier alpha value is -4.18. The second kappa shape index (κ2) is 7.80. The predicted octanol–water partition coefficient (Wildman–Crippen LogP) is 4.48. The lowest BCUT2D eigenvalue weighted by Crippen LogP contribution is -2.10. The Bertz CT molecular complexity index is 1040. The first-order valence-corrected chi connectivity index (χ1v) is 7.81. The van der Waals surface area contributed by atoms with Gasteiger partial charge in [-0.25, -0.2) is 4.79 Å². The fraction of sp³-hybridized carbons (Fsp3) is 0. The molecule has 0 radical (unpaired) electrons. The van der Waals surface area contributed by atoms with Crippen molar-refractivity contribution >= 4 is 11.7 Å². The van der Waals surface area contributed by atoms with Crippen LogP contribution in [0.25, 0.3) is 0 Å². The number of carbonyl (C=O) groups excluding carboxylic acids is 1. The maximum Gasteiger partial charge on any atom is 0.347 e. The Morgan fingerprint density at radius 3 is 2.37 bits per heavy atom. The molecule has 0 atom stereocenters. The Morgan fingerprint density at radius 1 is 0.963 bits per heavy atom. The number of hydrogen-bond donors (Lipinski definition) is 0. The van der Waals surface area contributed by atoms with E-state index < -0.39 is 10.9 Å². The topological polar surface area (TPSA) is 102 Å². The summed E-state index contributed by atoms with van der Waals surface area (Å²) in [6, 6.07) is 20.4. The van der Waals surface area contributed by atoms with E-state index in [1.54, 1.807) is 42.5 Å². The van der Waals surface area contributed by atoms with E-state index in [2.05, 4.69) is 0 Å². The summed E-state index contributed by atoms with van der Waals surface area (Å²) < 4.78 is 10.9. The molecule has 0 aliphatic rings. The summed E-state index contributed by atoms with van der Waals surface area (Å²) in [6.07, 6.45) is 0. The number of esters is 1. The molecular weight excluding hydrogens is 348 g/mol. The third-order valence-electron chi connectivity index (χ3n) is 3.57. The minimum atomic E-state index is -0.659. The number of benzene rings is 3. The minimum Gasteiger partial charge on any atom is -0.449 e. The van der Waals surface area contributed by atoms with Crippen LogP contribution in [0.15, 0.2) is 72.8 Å². The number of nitro benzene ring substituents is 1. The highest BCUT2D eigenvalue weighted by molar-refractivity contribution is 5.94. The van der Waals surface area contributed by atoms with Gasteiger partial charge in [-0.1, -0.05) is 30.3 Å². The molecular formula is C20H12N2O5. The fourth-order valence-electron chi connectivity index (χ4n) is 2.31. The van der Waals surface area contributed by atoms with Crippen LogP contribution in [0.1, 0.15) is 15.9 Å².